The van der Waals surface area contributed by atoms with Crippen LogP contribution in [-0.2, 0) is 0 Å². The molecule has 1 nitrogen and oxygen atoms in total. The van der Waals surface area contributed by atoms with E-state index in [-0.39, 0.29) is 0 Å². The van der Waals surface area contributed by atoms with E-state index in [0.717, 1.165) is 18.0 Å². The topological polar surface area (TPSA) is 3.24 Å². The molecule has 3 rings (SSSR count). The van der Waals surface area contributed by atoms with Crippen LogP contribution in [0.2, 0.25) is 0 Å². The molecule has 0 unspecified atom stereocenters. The number of nitrogens with zero attached hydrogens (tertiary/aromatic N) is 1. The highest BCUT2D eigenvalue weighted by Crippen LogP contribution is 2.51. The minimum atomic E-state index is 0.601. The number of hydrogen-bond donors (Lipinski definition) is 0. The number of fused-ring (bicyclic) bond motifs is 1. The van der Waals surface area contributed by atoms with E-state index in [9.17, 15) is 0 Å². The summed E-state index contributed by atoms with van der Waals surface area (Å²) in [6, 6.07) is 13.3. The monoisotopic (exact) mass is 215 g/mol. The van der Waals surface area contributed by atoms with Gasteiger partial charge in [-0.15, -0.1) is 0 Å². The van der Waals surface area contributed by atoms with E-state index in [0.29, 0.717) is 6.04 Å². The Kier molecular flexibility index (Phi) is 2.51. The summed E-state index contributed by atoms with van der Waals surface area (Å²) >= 11 is 0. The van der Waals surface area contributed by atoms with Gasteiger partial charge in [-0.1, -0.05) is 37.3 Å². The van der Waals surface area contributed by atoms with Gasteiger partial charge in [0.2, 0.25) is 0 Å². The first kappa shape index (κ1) is 10.3. The fourth-order valence-corrected chi connectivity index (χ4v) is 3.48. The molecule has 1 aliphatic heterocycles. The maximum Gasteiger partial charge on any atom is 0.0325 e. The quantitative estimate of drug-likeness (QED) is 0.744. The first-order valence-electron chi connectivity index (χ1n) is 6.63. The van der Waals surface area contributed by atoms with Crippen molar-refractivity contribution in [2.75, 3.05) is 0 Å². The maximum absolute atomic E-state index is 2.78. The van der Waals surface area contributed by atoms with Gasteiger partial charge < -0.3 is 0 Å². The van der Waals surface area contributed by atoms with Crippen LogP contribution in [0.1, 0.15) is 44.7 Å². The molecule has 2 fully saturated rings. The van der Waals surface area contributed by atoms with Gasteiger partial charge in [-0.25, -0.2) is 0 Å². The zero-order chi connectivity index (χ0) is 11.1. The third-order valence-electron chi connectivity index (χ3n) is 4.47. The van der Waals surface area contributed by atoms with E-state index < -0.39 is 0 Å². The third kappa shape index (κ3) is 1.58. The zero-order valence-electron chi connectivity index (χ0n) is 10.3. The summed E-state index contributed by atoms with van der Waals surface area (Å²) in [5.74, 6) is 1.02. The summed E-state index contributed by atoms with van der Waals surface area (Å²) in [5.41, 5.74) is 1.48. The van der Waals surface area contributed by atoms with Crippen LogP contribution < -0.4 is 0 Å². The Morgan fingerprint density at radius 1 is 1.25 bits per heavy atom. The van der Waals surface area contributed by atoms with Crippen LogP contribution in [0.25, 0.3) is 0 Å². The Hall–Kier alpha value is -0.820. The molecule has 1 aromatic rings. The summed E-state index contributed by atoms with van der Waals surface area (Å²) < 4.78 is 0. The molecule has 0 amide bonds. The van der Waals surface area contributed by atoms with Crippen molar-refractivity contribution in [3.05, 3.63) is 35.9 Å². The lowest BCUT2D eigenvalue weighted by atomic mass is 10.0. The lowest BCUT2D eigenvalue weighted by molar-refractivity contribution is 0.157. The van der Waals surface area contributed by atoms with E-state index in [1.54, 1.807) is 0 Å². The van der Waals surface area contributed by atoms with Crippen molar-refractivity contribution >= 4 is 0 Å². The predicted molar refractivity (Wildman–Crippen MR) is 67.3 cm³/mol. The Morgan fingerprint density at radius 2 is 2.00 bits per heavy atom. The first-order chi connectivity index (χ1) is 7.81. The standard InChI is InChI=1S/C15H21N/c1-3-14-9-13-10-15(13)16(14)11(2)12-7-5-4-6-8-12/h4-8,11,13-15H,3,9-10H2,1-2H3/t11-,13+,14-,15-/m1/s1. The lowest BCUT2D eigenvalue weighted by Crippen LogP contribution is -2.34. The fraction of sp³-hybridized carbons (Fsp3) is 0.600. The van der Waals surface area contributed by atoms with Crippen molar-refractivity contribution < 1.29 is 0 Å². The predicted octanol–water partition coefficient (Wildman–Crippen LogP) is 3.62. The largest absolute Gasteiger partial charge is 0.290 e. The van der Waals surface area contributed by atoms with Crippen LogP contribution in [0.4, 0.5) is 0 Å². The van der Waals surface area contributed by atoms with Gasteiger partial charge in [-0.05, 0) is 37.7 Å². The third-order valence-corrected chi connectivity index (χ3v) is 4.47. The molecule has 4 atom stereocenters. The van der Waals surface area contributed by atoms with Crippen molar-refractivity contribution in [2.24, 2.45) is 5.92 Å². The molecule has 1 saturated heterocycles. The Balaban J connectivity index is 1.81. The van der Waals surface area contributed by atoms with Gasteiger partial charge in [0.1, 0.15) is 0 Å². The van der Waals surface area contributed by atoms with E-state index in [1.807, 2.05) is 0 Å². The molecule has 2 aliphatic rings. The first-order valence-corrected chi connectivity index (χ1v) is 6.63. The van der Waals surface area contributed by atoms with Crippen molar-refractivity contribution in [3.8, 4) is 0 Å². The van der Waals surface area contributed by atoms with Gasteiger partial charge in [0.15, 0.2) is 0 Å². The number of likely N-dealkylation sites (tertiary alicyclic amines) is 1. The average Bonchev–Trinajstić information content (AvgIpc) is 3.01. The van der Waals surface area contributed by atoms with Gasteiger partial charge in [0.25, 0.3) is 0 Å². The highest BCUT2D eigenvalue weighted by atomic mass is 15.3. The molecule has 1 aromatic carbocycles. The molecule has 1 heteroatoms. The molecular formula is C15H21N. The normalized spacial score (nSPS) is 34.8. The van der Waals surface area contributed by atoms with Gasteiger partial charge in [-0.3, -0.25) is 4.90 Å². The number of benzene rings is 1. The Morgan fingerprint density at radius 3 is 2.69 bits per heavy atom. The van der Waals surface area contributed by atoms with E-state index in [2.05, 4.69) is 49.1 Å². The van der Waals surface area contributed by atoms with Crippen molar-refractivity contribution in [3.63, 3.8) is 0 Å². The number of rotatable bonds is 3. The maximum atomic E-state index is 2.78. The summed E-state index contributed by atoms with van der Waals surface area (Å²) in [5, 5.41) is 0. The Bertz CT molecular complexity index is 359. The number of hydrogen-bond acceptors (Lipinski definition) is 1. The van der Waals surface area contributed by atoms with Crippen LogP contribution in [0.5, 0.6) is 0 Å². The molecule has 1 saturated carbocycles. The van der Waals surface area contributed by atoms with Crippen molar-refractivity contribution in [1.82, 2.24) is 4.90 Å². The smallest absolute Gasteiger partial charge is 0.0325 e. The second-order valence-electron chi connectivity index (χ2n) is 5.39. The molecule has 0 bridgehead atoms. The fourth-order valence-electron chi connectivity index (χ4n) is 3.48. The van der Waals surface area contributed by atoms with Crippen LogP contribution in [0.15, 0.2) is 30.3 Å². The molecular weight excluding hydrogens is 194 g/mol. The highest BCUT2D eigenvalue weighted by Gasteiger charge is 2.52. The Labute approximate surface area is 98.5 Å². The van der Waals surface area contributed by atoms with Crippen molar-refractivity contribution in [2.45, 2.75) is 51.2 Å². The molecule has 86 valence electrons. The van der Waals surface area contributed by atoms with E-state index in [1.165, 1.54) is 24.8 Å². The minimum Gasteiger partial charge on any atom is -0.290 e. The SMILES string of the molecule is CC[C@@H]1C[C@H]2C[C@H]2N1[C@H](C)c1ccccc1. The van der Waals surface area contributed by atoms with Crippen LogP contribution in [0, 0.1) is 5.92 Å². The van der Waals surface area contributed by atoms with Gasteiger partial charge >= 0.3 is 0 Å². The molecule has 0 aromatic heterocycles. The van der Waals surface area contributed by atoms with Gasteiger partial charge in [0.05, 0.1) is 0 Å². The van der Waals surface area contributed by atoms with E-state index in [4.69, 9.17) is 0 Å². The van der Waals surface area contributed by atoms with Crippen LogP contribution in [0.3, 0.4) is 0 Å². The molecule has 1 aliphatic carbocycles. The minimum absolute atomic E-state index is 0.601. The van der Waals surface area contributed by atoms with Gasteiger partial charge in [0, 0.05) is 18.1 Å². The summed E-state index contributed by atoms with van der Waals surface area (Å²) in [7, 11) is 0. The molecule has 16 heavy (non-hydrogen) atoms. The summed E-state index contributed by atoms with van der Waals surface area (Å²) in [6.07, 6.45) is 4.20. The second-order valence-corrected chi connectivity index (χ2v) is 5.39. The molecule has 1 heterocycles. The summed E-state index contributed by atoms with van der Waals surface area (Å²) in [4.78, 5) is 2.78. The van der Waals surface area contributed by atoms with Gasteiger partial charge in [-0.2, -0.15) is 0 Å². The average molecular weight is 215 g/mol. The highest BCUT2D eigenvalue weighted by molar-refractivity contribution is 5.21. The van der Waals surface area contributed by atoms with Crippen LogP contribution >= 0.6 is 0 Å². The second kappa shape index (κ2) is 3.89. The molecule has 0 radical (unpaired) electrons. The van der Waals surface area contributed by atoms with Crippen LogP contribution in [-0.4, -0.2) is 17.0 Å². The number of piperidine rings is 1. The van der Waals surface area contributed by atoms with E-state index >= 15 is 0 Å². The summed E-state index contributed by atoms with van der Waals surface area (Å²) in [6.45, 7) is 4.71. The van der Waals surface area contributed by atoms with Crippen molar-refractivity contribution in [1.29, 1.82) is 0 Å². The molecule has 0 N–H and O–H groups in total. The zero-order valence-corrected chi connectivity index (χ0v) is 10.3. The lowest BCUT2D eigenvalue weighted by Gasteiger charge is -2.33. The molecule has 0 spiro atoms.